The first kappa shape index (κ1) is 15.1. The number of carboxylic acid groups (broad SMARTS) is 1. The monoisotopic (exact) mass is 332 g/mol. The van der Waals surface area contributed by atoms with E-state index in [1.807, 2.05) is 5.32 Å². The molecule has 0 fully saturated rings. The van der Waals surface area contributed by atoms with Crippen molar-refractivity contribution in [3.63, 3.8) is 0 Å². The number of hydrogen-bond donors (Lipinski definition) is 3. The van der Waals surface area contributed by atoms with Crippen LogP contribution in [0.1, 0.15) is 16.8 Å². The Morgan fingerprint density at radius 2 is 2.05 bits per heavy atom. The largest absolute Gasteiger partial charge is 0.480 e. The molecule has 6 nitrogen and oxygen atoms in total. The topological polar surface area (TPSA) is 109 Å². The minimum Gasteiger partial charge on any atom is -0.480 e. The molecular formula is C11H10BrFN2O4. The molecule has 1 aromatic carbocycles. The zero-order valence-corrected chi connectivity index (χ0v) is 11.1. The van der Waals surface area contributed by atoms with Gasteiger partial charge in [0.1, 0.15) is 11.9 Å². The second-order valence-corrected chi connectivity index (χ2v) is 4.57. The summed E-state index contributed by atoms with van der Waals surface area (Å²) in [6.45, 7) is 0. The summed E-state index contributed by atoms with van der Waals surface area (Å²) in [6, 6.07) is 2.20. The van der Waals surface area contributed by atoms with Gasteiger partial charge in [-0.15, -0.1) is 0 Å². The van der Waals surface area contributed by atoms with Gasteiger partial charge in [0.2, 0.25) is 5.91 Å². The van der Waals surface area contributed by atoms with Gasteiger partial charge in [-0.05, 0) is 18.2 Å². The maximum absolute atomic E-state index is 13.5. The van der Waals surface area contributed by atoms with Gasteiger partial charge in [-0.1, -0.05) is 15.9 Å². The molecule has 0 spiro atoms. The second-order valence-electron chi connectivity index (χ2n) is 3.66. The first-order valence-corrected chi connectivity index (χ1v) is 5.87. The first-order chi connectivity index (χ1) is 8.81. The van der Waals surface area contributed by atoms with E-state index in [-0.39, 0.29) is 5.56 Å². The summed E-state index contributed by atoms with van der Waals surface area (Å²) in [4.78, 5) is 33.2. The molecule has 0 heterocycles. The van der Waals surface area contributed by atoms with Gasteiger partial charge in [-0.2, -0.15) is 0 Å². The van der Waals surface area contributed by atoms with Crippen molar-refractivity contribution in [2.24, 2.45) is 5.73 Å². The van der Waals surface area contributed by atoms with E-state index in [9.17, 15) is 18.8 Å². The number of hydrogen-bond acceptors (Lipinski definition) is 3. The van der Waals surface area contributed by atoms with Crippen LogP contribution in [0.2, 0.25) is 0 Å². The highest BCUT2D eigenvalue weighted by atomic mass is 79.9. The highest BCUT2D eigenvalue weighted by Crippen LogP contribution is 2.15. The number of rotatable bonds is 5. The van der Waals surface area contributed by atoms with Crippen LogP contribution in [-0.2, 0) is 9.59 Å². The molecule has 0 aliphatic rings. The lowest BCUT2D eigenvalue weighted by Gasteiger charge is -2.13. The van der Waals surface area contributed by atoms with E-state index in [1.165, 1.54) is 12.1 Å². The van der Waals surface area contributed by atoms with Crippen LogP contribution >= 0.6 is 15.9 Å². The number of amides is 2. The maximum atomic E-state index is 13.5. The number of primary amides is 1. The Bertz CT molecular complexity index is 535. The third-order valence-corrected chi connectivity index (χ3v) is 2.68. The van der Waals surface area contributed by atoms with E-state index in [2.05, 4.69) is 15.9 Å². The smallest absolute Gasteiger partial charge is 0.326 e. The molecule has 2 amide bonds. The number of carbonyl (C=O) groups is 3. The Hall–Kier alpha value is -1.96. The predicted octanol–water partition coefficient (Wildman–Crippen LogP) is 0.647. The SMILES string of the molecule is NC(=O)C[C@H](NC(=O)c1ccc(Br)cc1F)C(=O)O. The number of nitrogens with one attached hydrogen (secondary N) is 1. The van der Waals surface area contributed by atoms with E-state index >= 15 is 0 Å². The van der Waals surface area contributed by atoms with Gasteiger partial charge in [0.15, 0.2) is 0 Å². The number of benzene rings is 1. The molecule has 0 saturated heterocycles. The Kier molecular flexibility index (Phi) is 4.99. The van der Waals surface area contributed by atoms with Crippen molar-refractivity contribution in [1.29, 1.82) is 0 Å². The maximum Gasteiger partial charge on any atom is 0.326 e. The molecule has 0 bridgehead atoms. The highest BCUT2D eigenvalue weighted by molar-refractivity contribution is 9.10. The number of carboxylic acids is 1. The number of carbonyl (C=O) groups excluding carboxylic acids is 2. The standard InChI is InChI=1S/C11H10BrFN2O4/c12-5-1-2-6(7(13)3-5)10(17)15-8(11(18)19)4-9(14)16/h1-3,8H,4H2,(H2,14,16)(H,15,17)(H,18,19)/t8-/m0/s1. The second kappa shape index (κ2) is 6.28. The van der Waals surface area contributed by atoms with Crippen molar-refractivity contribution in [3.05, 3.63) is 34.1 Å². The molecule has 0 unspecified atom stereocenters. The fourth-order valence-electron chi connectivity index (χ4n) is 1.31. The van der Waals surface area contributed by atoms with E-state index in [0.717, 1.165) is 6.07 Å². The lowest BCUT2D eigenvalue weighted by molar-refractivity contribution is -0.140. The molecule has 8 heteroatoms. The van der Waals surface area contributed by atoms with Gasteiger partial charge in [0, 0.05) is 4.47 Å². The van der Waals surface area contributed by atoms with Crippen molar-refractivity contribution in [2.75, 3.05) is 0 Å². The molecule has 0 aliphatic heterocycles. The van der Waals surface area contributed by atoms with Crippen LogP contribution in [0.25, 0.3) is 0 Å². The summed E-state index contributed by atoms with van der Waals surface area (Å²) in [7, 11) is 0. The summed E-state index contributed by atoms with van der Waals surface area (Å²) >= 11 is 3.03. The Morgan fingerprint density at radius 1 is 1.42 bits per heavy atom. The lowest BCUT2D eigenvalue weighted by Crippen LogP contribution is -2.43. The molecule has 19 heavy (non-hydrogen) atoms. The summed E-state index contributed by atoms with van der Waals surface area (Å²) in [5.74, 6) is -4.05. The molecule has 0 radical (unpaired) electrons. The van der Waals surface area contributed by atoms with Gasteiger partial charge in [0.05, 0.1) is 12.0 Å². The normalized spacial score (nSPS) is 11.7. The van der Waals surface area contributed by atoms with Crippen LogP contribution in [0, 0.1) is 5.82 Å². The summed E-state index contributed by atoms with van der Waals surface area (Å²) in [6.07, 6.45) is -0.570. The fraction of sp³-hybridized carbons (Fsp3) is 0.182. The minimum absolute atomic E-state index is 0.320. The Balaban J connectivity index is 2.87. The first-order valence-electron chi connectivity index (χ1n) is 5.08. The summed E-state index contributed by atoms with van der Waals surface area (Å²) in [5.41, 5.74) is 4.54. The van der Waals surface area contributed by atoms with Gasteiger partial charge in [-0.25, -0.2) is 9.18 Å². The van der Waals surface area contributed by atoms with Gasteiger partial charge >= 0.3 is 5.97 Å². The van der Waals surface area contributed by atoms with E-state index in [1.54, 1.807) is 0 Å². The number of halogens is 2. The minimum atomic E-state index is -1.49. The zero-order chi connectivity index (χ0) is 14.6. The average Bonchev–Trinajstić information content (AvgIpc) is 2.26. The third-order valence-electron chi connectivity index (χ3n) is 2.18. The predicted molar refractivity (Wildman–Crippen MR) is 66.8 cm³/mol. The molecule has 0 saturated carbocycles. The molecule has 1 rings (SSSR count). The van der Waals surface area contributed by atoms with Gasteiger partial charge < -0.3 is 16.2 Å². The fourth-order valence-corrected chi connectivity index (χ4v) is 1.64. The van der Waals surface area contributed by atoms with Crippen LogP contribution in [-0.4, -0.2) is 28.9 Å². The average molecular weight is 333 g/mol. The van der Waals surface area contributed by atoms with Crippen LogP contribution in [0.5, 0.6) is 0 Å². The van der Waals surface area contributed by atoms with Crippen molar-refractivity contribution in [1.82, 2.24) is 5.32 Å². The van der Waals surface area contributed by atoms with Gasteiger partial charge in [0.25, 0.3) is 5.91 Å². The van der Waals surface area contributed by atoms with E-state index in [4.69, 9.17) is 10.8 Å². The Labute approximate surface area is 115 Å². The number of aliphatic carboxylic acids is 1. The van der Waals surface area contributed by atoms with Crippen molar-refractivity contribution >= 4 is 33.7 Å². The molecular weight excluding hydrogens is 323 g/mol. The Morgan fingerprint density at radius 3 is 2.53 bits per heavy atom. The molecule has 102 valence electrons. The molecule has 0 aliphatic carbocycles. The van der Waals surface area contributed by atoms with Crippen molar-refractivity contribution < 1.29 is 23.9 Å². The number of nitrogens with two attached hydrogens (primary N) is 1. The molecule has 0 aromatic heterocycles. The third kappa shape index (κ3) is 4.32. The van der Waals surface area contributed by atoms with Crippen LogP contribution < -0.4 is 11.1 Å². The van der Waals surface area contributed by atoms with Crippen molar-refractivity contribution in [2.45, 2.75) is 12.5 Å². The van der Waals surface area contributed by atoms with Crippen LogP contribution in [0.3, 0.4) is 0 Å². The highest BCUT2D eigenvalue weighted by Gasteiger charge is 2.23. The molecule has 1 atom stereocenters. The molecule has 1 aromatic rings. The molecule has 4 N–H and O–H groups in total. The zero-order valence-electron chi connectivity index (χ0n) is 9.52. The van der Waals surface area contributed by atoms with E-state index < -0.39 is 36.1 Å². The summed E-state index contributed by atoms with van der Waals surface area (Å²) < 4.78 is 13.9. The summed E-state index contributed by atoms with van der Waals surface area (Å²) in [5, 5.41) is 10.8. The van der Waals surface area contributed by atoms with Crippen molar-refractivity contribution in [3.8, 4) is 0 Å². The van der Waals surface area contributed by atoms with Crippen LogP contribution in [0.15, 0.2) is 22.7 Å². The van der Waals surface area contributed by atoms with Gasteiger partial charge in [-0.3, -0.25) is 9.59 Å². The quantitative estimate of drug-likeness (QED) is 0.735. The lowest BCUT2D eigenvalue weighted by atomic mass is 10.1. The van der Waals surface area contributed by atoms with Crippen LogP contribution in [0.4, 0.5) is 4.39 Å². The van der Waals surface area contributed by atoms with E-state index in [0.29, 0.717) is 4.47 Å².